The van der Waals surface area contributed by atoms with Gasteiger partial charge in [0.05, 0.1) is 12.1 Å². The van der Waals surface area contributed by atoms with Crippen LogP contribution in [0.3, 0.4) is 0 Å². The minimum absolute atomic E-state index is 0.176. The number of halogens is 2. The molecule has 3 aromatic rings. The number of carbonyl (C=O) groups is 3. The summed E-state index contributed by atoms with van der Waals surface area (Å²) < 4.78 is 34.0. The van der Waals surface area contributed by atoms with Crippen LogP contribution >= 0.6 is 0 Å². The highest BCUT2D eigenvalue weighted by Gasteiger charge is 2.22. The third-order valence-electron chi connectivity index (χ3n) is 5.16. The number of rotatable bonds is 6. The van der Waals surface area contributed by atoms with Gasteiger partial charge in [0, 0.05) is 34.8 Å². The number of ether oxygens (including phenoxy) is 1. The predicted octanol–water partition coefficient (Wildman–Crippen LogP) is 5.84. The molecule has 1 aromatic heterocycles. The van der Waals surface area contributed by atoms with E-state index in [1.165, 1.54) is 64.2 Å². The van der Waals surface area contributed by atoms with Crippen molar-refractivity contribution in [3.05, 3.63) is 77.5 Å². The first kappa shape index (κ1) is 25.8. The summed E-state index contributed by atoms with van der Waals surface area (Å²) in [7, 11) is 0. The average molecular weight is 483 g/mol. The van der Waals surface area contributed by atoms with Crippen molar-refractivity contribution in [3.63, 3.8) is 0 Å². The van der Waals surface area contributed by atoms with Gasteiger partial charge in [0.15, 0.2) is 5.78 Å². The molecule has 0 bridgehead atoms. The normalized spacial score (nSPS) is 11.9. The molecular weight excluding hydrogens is 454 g/mol. The van der Waals surface area contributed by atoms with Gasteiger partial charge in [-0.15, -0.1) is 0 Å². The van der Waals surface area contributed by atoms with E-state index < -0.39 is 35.0 Å². The van der Waals surface area contributed by atoms with E-state index in [0.717, 1.165) is 6.07 Å². The lowest BCUT2D eigenvalue weighted by Gasteiger charge is -2.24. The van der Waals surface area contributed by atoms with Crippen LogP contribution in [0, 0.1) is 11.6 Å². The van der Waals surface area contributed by atoms with Gasteiger partial charge < -0.3 is 9.64 Å². The highest BCUT2D eigenvalue weighted by molar-refractivity contribution is 6.03. The van der Waals surface area contributed by atoms with Crippen LogP contribution in [0.4, 0.5) is 13.6 Å². The molecule has 0 spiro atoms. The summed E-state index contributed by atoms with van der Waals surface area (Å²) in [6, 6.07) is 9.00. The fraction of sp³-hybridized carbons (Fsp3) is 0.296. The molecular formula is C27H28F2N2O4. The zero-order chi connectivity index (χ0) is 25.9. The Labute approximate surface area is 202 Å². The highest BCUT2D eigenvalue weighted by atomic mass is 19.1. The van der Waals surface area contributed by atoms with Gasteiger partial charge in [-0.25, -0.2) is 13.6 Å². The van der Waals surface area contributed by atoms with Gasteiger partial charge in [0.2, 0.25) is 5.91 Å². The van der Waals surface area contributed by atoms with Gasteiger partial charge in [-0.05, 0) is 71.0 Å². The first-order valence-electron chi connectivity index (χ1n) is 11.2. The van der Waals surface area contributed by atoms with Crippen molar-refractivity contribution in [2.45, 2.75) is 46.3 Å². The number of amides is 1. The lowest BCUT2D eigenvalue weighted by atomic mass is 10.1. The number of hydrogen-bond acceptors (Lipinski definition) is 4. The lowest BCUT2D eigenvalue weighted by molar-refractivity contribution is -0.127. The summed E-state index contributed by atoms with van der Waals surface area (Å²) in [4.78, 5) is 39.6. The van der Waals surface area contributed by atoms with E-state index in [1.54, 1.807) is 34.6 Å². The van der Waals surface area contributed by atoms with E-state index in [0.29, 0.717) is 16.5 Å². The number of nitrogens with zero attached hydrogens (tertiary/aromatic N) is 2. The van der Waals surface area contributed by atoms with Crippen molar-refractivity contribution < 1.29 is 27.9 Å². The molecule has 2 aromatic carbocycles. The Kier molecular flexibility index (Phi) is 7.53. The third kappa shape index (κ3) is 6.41. The molecule has 0 saturated heterocycles. The van der Waals surface area contributed by atoms with Crippen LogP contribution in [0.1, 0.15) is 50.5 Å². The summed E-state index contributed by atoms with van der Waals surface area (Å²) >= 11 is 0. The first-order chi connectivity index (χ1) is 16.4. The molecule has 0 N–H and O–H groups in total. The maximum absolute atomic E-state index is 13.9. The molecule has 0 aliphatic heterocycles. The molecule has 3 rings (SSSR count). The van der Waals surface area contributed by atoms with Crippen LogP contribution in [0.5, 0.6) is 0 Å². The van der Waals surface area contributed by atoms with Gasteiger partial charge in [0.25, 0.3) is 0 Å². The number of hydrogen-bond donors (Lipinski definition) is 0. The van der Waals surface area contributed by atoms with Crippen molar-refractivity contribution >= 4 is 34.8 Å². The first-order valence-corrected chi connectivity index (χ1v) is 11.2. The van der Waals surface area contributed by atoms with Crippen molar-refractivity contribution in [1.29, 1.82) is 0 Å². The van der Waals surface area contributed by atoms with E-state index in [4.69, 9.17) is 4.74 Å². The number of Topliss-reactive ketones (excluding diaryl/α,β-unsaturated/α-hetero) is 1. The fourth-order valence-electron chi connectivity index (χ4n) is 3.50. The minimum Gasteiger partial charge on any atom is -0.443 e. The van der Waals surface area contributed by atoms with Crippen molar-refractivity contribution in [1.82, 2.24) is 9.47 Å². The Hall–Kier alpha value is -3.81. The maximum atomic E-state index is 13.9. The van der Waals surface area contributed by atoms with E-state index in [1.807, 2.05) is 0 Å². The van der Waals surface area contributed by atoms with Crippen LogP contribution in [0.25, 0.3) is 17.0 Å². The minimum atomic E-state index is -0.751. The van der Waals surface area contributed by atoms with Gasteiger partial charge in [-0.2, -0.15) is 0 Å². The van der Waals surface area contributed by atoms with E-state index >= 15 is 0 Å². The molecule has 6 nitrogen and oxygen atoms in total. The molecule has 0 aliphatic rings. The molecule has 0 unspecified atom stereocenters. The second-order valence-corrected chi connectivity index (χ2v) is 9.42. The summed E-state index contributed by atoms with van der Waals surface area (Å²) in [5.74, 6) is -1.88. The molecule has 35 heavy (non-hydrogen) atoms. The standard InChI is InChI=1S/C27H28F2N2O4/c1-17(2)30(16-24(32)18-7-6-8-20(28)13-18)25(33)12-9-19-15-31(26(34)35-27(3,4)5)23-14-21(29)10-11-22(19)23/h6-15,17H,16H2,1-5H3/b12-9+. The maximum Gasteiger partial charge on any atom is 0.419 e. The number of benzene rings is 2. The Morgan fingerprint density at radius 2 is 1.74 bits per heavy atom. The van der Waals surface area contributed by atoms with Crippen LogP contribution in [-0.2, 0) is 9.53 Å². The SMILES string of the molecule is CC(C)N(CC(=O)c1cccc(F)c1)C(=O)/C=C/c1cn(C(=O)OC(C)(C)C)c2cc(F)ccc12. The van der Waals surface area contributed by atoms with Crippen molar-refractivity contribution in [2.24, 2.45) is 0 Å². The number of aromatic nitrogens is 1. The van der Waals surface area contributed by atoms with Gasteiger partial charge in [-0.1, -0.05) is 12.1 Å². The van der Waals surface area contributed by atoms with Gasteiger partial charge >= 0.3 is 6.09 Å². The van der Waals surface area contributed by atoms with Crippen LogP contribution in [0.2, 0.25) is 0 Å². The summed E-state index contributed by atoms with van der Waals surface area (Å²) in [5, 5.41) is 0.549. The second kappa shape index (κ2) is 10.2. The lowest BCUT2D eigenvalue weighted by Crippen LogP contribution is -2.39. The van der Waals surface area contributed by atoms with E-state index in [9.17, 15) is 23.2 Å². The van der Waals surface area contributed by atoms with Crippen LogP contribution < -0.4 is 0 Å². The van der Waals surface area contributed by atoms with E-state index in [2.05, 4.69) is 0 Å². The zero-order valence-electron chi connectivity index (χ0n) is 20.3. The number of ketones is 1. The molecule has 1 heterocycles. The third-order valence-corrected chi connectivity index (χ3v) is 5.16. The van der Waals surface area contributed by atoms with E-state index in [-0.39, 0.29) is 18.2 Å². The average Bonchev–Trinajstić information content (AvgIpc) is 3.12. The Morgan fingerprint density at radius 3 is 2.37 bits per heavy atom. The summed E-state index contributed by atoms with van der Waals surface area (Å²) in [5.41, 5.74) is 0.224. The molecule has 0 aliphatic carbocycles. The molecule has 8 heteroatoms. The van der Waals surface area contributed by atoms with Gasteiger partial charge in [-0.3, -0.25) is 14.2 Å². The molecule has 0 saturated carbocycles. The Balaban J connectivity index is 1.89. The smallest absolute Gasteiger partial charge is 0.419 e. The fourth-order valence-corrected chi connectivity index (χ4v) is 3.50. The molecule has 1 amide bonds. The Morgan fingerprint density at radius 1 is 1.06 bits per heavy atom. The molecule has 0 radical (unpaired) electrons. The largest absolute Gasteiger partial charge is 0.443 e. The quantitative estimate of drug-likeness (QED) is 0.327. The van der Waals surface area contributed by atoms with Crippen molar-refractivity contribution in [2.75, 3.05) is 6.54 Å². The second-order valence-electron chi connectivity index (χ2n) is 9.42. The number of fused-ring (bicyclic) bond motifs is 1. The predicted molar refractivity (Wildman–Crippen MR) is 130 cm³/mol. The number of carbonyl (C=O) groups excluding carboxylic acids is 3. The molecule has 0 fully saturated rings. The molecule has 0 atom stereocenters. The van der Waals surface area contributed by atoms with Crippen LogP contribution in [-0.4, -0.2) is 45.4 Å². The molecule has 184 valence electrons. The van der Waals surface area contributed by atoms with Crippen LogP contribution in [0.15, 0.2) is 54.7 Å². The van der Waals surface area contributed by atoms with Crippen molar-refractivity contribution in [3.8, 4) is 0 Å². The topological polar surface area (TPSA) is 68.6 Å². The summed E-state index contributed by atoms with van der Waals surface area (Å²) in [6.45, 7) is 8.48. The summed E-state index contributed by atoms with van der Waals surface area (Å²) in [6.07, 6.45) is 3.59. The van der Waals surface area contributed by atoms with Gasteiger partial charge in [0.1, 0.15) is 17.2 Å². The Bertz CT molecular complexity index is 1300. The highest BCUT2D eigenvalue weighted by Crippen LogP contribution is 2.25. The zero-order valence-corrected chi connectivity index (χ0v) is 20.3. The monoisotopic (exact) mass is 482 g/mol.